The first-order valence-electron chi connectivity index (χ1n) is 3.07. The molecular formula is C6H15Cl2NO2. The highest BCUT2D eigenvalue weighted by molar-refractivity contribution is 5.85. The van der Waals surface area contributed by atoms with Gasteiger partial charge in [-0.2, -0.15) is 0 Å². The molecule has 0 saturated carbocycles. The Labute approximate surface area is 79.4 Å². The highest BCUT2D eigenvalue weighted by Gasteiger charge is 2.03. The molecule has 0 aromatic rings. The summed E-state index contributed by atoms with van der Waals surface area (Å²) in [4.78, 5) is 10.7. The quantitative estimate of drug-likeness (QED) is 0.706. The zero-order valence-electron chi connectivity index (χ0n) is 6.66. The van der Waals surface area contributed by atoms with Gasteiger partial charge in [0, 0.05) is 12.5 Å². The summed E-state index contributed by atoms with van der Waals surface area (Å²) in [6.07, 6.45) is 0. The van der Waals surface area contributed by atoms with Crippen LogP contribution in [0.1, 0.15) is 13.8 Å². The number of amides is 1. The van der Waals surface area contributed by atoms with E-state index in [9.17, 15) is 4.79 Å². The predicted octanol–water partition coefficient (Wildman–Crippen LogP) is 0.594. The minimum atomic E-state index is -0.0101. The van der Waals surface area contributed by atoms with E-state index in [4.69, 9.17) is 5.11 Å². The molecule has 0 radical (unpaired) electrons. The first kappa shape index (κ1) is 17.2. The fourth-order valence-electron chi connectivity index (χ4n) is 0.383. The van der Waals surface area contributed by atoms with Crippen LogP contribution in [0.5, 0.6) is 0 Å². The second-order valence-electron chi connectivity index (χ2n) is 2.17. The standard InChI is InChI=1S/C6H13NO2.2ClH/c1-5(2)6(9)7-3-4-8;;/h5,8H,3-4H2,1-2H3,(H,7,9);2*1H. The summed E-state index contributed by atoms with van der Waals surface area (Å²) in [6, 6.07) is 0. The Kier molecular flexibility index (Phi) is 15.6. The molecular weight excluding hydrogens is 189 g/mol. The Morgan fingerprint density at radius 3 is 2.18 bits per heavy atom. The fraction of sp³-hybridized carbons (Fsp3) is 0.833. The molecule has 0 saturated heterocycles. The molecule has 0 fully saturated rings. The number of halogens is 2. The van der Waals surface area contributed by atoms with Gasteiger partial charge in [0.25, 0.3) is 0 Å². The third-order valence-electron chi connectivity index (χ3n) is 0.935. The topological polar surface area (TPSA) is 49.3 Å². The summed E-state index contributed by atoms with van der Waals surface area (Å²) >= 11 is 0. The van der Waals surface area contributed by atoms with Gasteiger partial charge < -0.3 is 10.4 Å². The van der Waals surface area contributed by atoms with Gasteiger partial charge in [-0.15, -0.1) is 24.8 Å². The fourth-order valence-corrected chi connectivity index (χ4v) is 0.383. The summed E-state index contributed by atoms with van der Waals surface area (Å²) < 4.78 is 0. The third kappa shape index (κ3) is 10.0. The third-order valence-corrected chi connectivity index (χ3v) is 0.935. The molecule has 0 aromatic heterocycles. The Morgan fingerprint density at radius 1 is 1.45 bits per heavy atom. The second kappa shape index (κ2) is 10.0. The Bertz CT molecular complexity index is 98.6. The predicted molar refractivity (Wildman–Crippen MR) is 49.4 cm³/mol. The number of carbonyl (C=O) groups excluding carboxylic acids is 1. The number of rotatable bonds is 3. The lowest BCUT2D eigenvalue weighted by Gasteiger charge is -2.04. The molecule has 1 amide bonds. The van der Waals surface area contributed by atoms with Gasteiger partial charge in [0.2, 0.25) is 5.91 Å². The highest BCUT2D eigenvalue weighted by atomic mass is 35.5. The Balaban J connectivity index is -0.000000320. The molecule has 2 N–H and O–H groups in total. The van der Waals surface area contributed by atoms with Crippen molar-refractivity contribution >= 4 is 30.7 Å². The van der Waals surface area contributed by atoms with Crippen LogP contribution in [0, 0.1) is 5.92 Å². The lowest BCUT2D eigenvalue weighted by molar-refractivity contribution is -0.124. The van der Waals surface area contributed by atoms with Gasteiger partial charge in [-0.05, 0) is 0 Å². The molecule has 0 atom stereocenters. The number of carbonyl (C=O) groups is 1. The van der Waals surface area contributed by atoms with Gasteiger partial charge in [-0.3, -0.25) is 4.79 Å². The van der Waals surface area contributed by atoms with Crippen LogP contribution < -0.4 is 5.32 Å². The van der Waals surface area contributed by atoms with E-state index in [-0.39, 0.29) is 43.2 Å². The largest absolute Gasteiger partial charge is 0.395 e. The van der Waals surface area contributed by atoms with Gasteiger partial charge in [0.05, 0.1) is 6.61 Å². The van der Waals surface area contributed by atoms with E-state index in [1.54, 1.807) is 0 Å². The van der Waals surface area contributed by atoms with Crippen molar-refractivity contribution in [2.75, 3.05) is 13.2 Å². The number of hydrogen-bond donors (Lipinski definition) is 2. The lowest BCUT2D eigenvalue weighted by atomic mass is 10.2. The molecule has 11 heavy (non-hydrogen) atoms. The number of hydrogen-bond acceptors (Lipinski definition) is 2. The van der Waals surface area contributed by atoms with Gasteiger partial charge in [-0.1, -0.05) is 13.8 Å². The van der Waals surface area contributed by atoms with Gasteiger partial charge >= 0.3 is 0 Å². The van der Waals surface area contributed by atoms with Crippen LogP contribution >= 0.6 is 24.8 Å². The smallest absolute Gasteiger partial charge is 0.222 e. The maximum Gasteiger partial charge on any atom is 0.222 e. The summed E-state index contributed by atoms with van der Waals surface area (Å²) in [6.45, 7) is 3.99. The van der Waals surface area contributed by atoms with Crippen molar-refractivity contribution in [2.45, 2.75) is 13.8 Å². The number of aliphatic hydroxyl groups is 1. The minimum Gasteiger partial charge on any atom is -0.395 e. The lowest BCUT2D eigenvalue weighted by Crippen LogP contribution is -2.29. The molecule has 3 nitrogen and oxygen atoms in total. The van der Waals surface area contributed by atoms with Crippen molar-refractivity contribution in [3.05, 3.63) is 0 Å². The molecule has 0 rings (SSSR count). The normalized spacial score (nSPS) is 8.00. The van der Waals surface area contributed by atoms with E-state index >= 15 is 0 Å². The van der Waals surface area contributed by atoms with Crippen LogP contribution in [0.25, 0.3) is 0 Å². The van der Waals surface area contributed by atoms with Crippen molar-refractivity contribution in [3.63, 3.8) is 0 Å². The van der Waals surface area contributed by atoms with Gasteiger partial charge in [-0.25, -0.2) is 0 Å². The van der Waals surface area contributed by atoms with Crippen molar-refractivity contribution in [1.29, 1.82) is 0 Å². The zero-order chi connectivity index (χ0) is 7.28. The molecule has 0 spiro atoms. The monoisotopic (exact) mass is 203 g/mol. The highest BCUT2D eigenvalue weighted by Crippen LogP contribution is 1.88. The van der Waals surface area contributed by atoms with Crippen LogP contribution in [-0.2, 0) is 4.79 Å². The van der Waals surface area contributed by atoms with Crippen molar-refractivity contribution in [1.82, 2.24) is 5.32 Å². The second-order valence-corrected chi connectivity index (χ2v) is 2.17. The number of aliphatic hydroxyl groups excluding tert-OH is 1. The zero-order valence-corrected chi connectivity index (χ0v) is 8.30. The summed E-state index contributed by atoms with van der Waals surface area (Å²) in [7, 11) is 0. The molecule has 0 aliphatic heterocycles. The summed E-state index contributed by atoms with van der Waals surface area (Å²) in [5.74, 6) is 0.000556. The van der Waals surface area contributed by atoms with Crippen molar-refractivity contribution < 1.29 is 9.90 Å². The molecule has 5 heteroatoms. The van der Waals surface area contributed by atoms with Crippen molar-refractivity contribution in [3.8, 4) is 0 Å². The van der Waals surface area contributed by atoms with Crippen molar-refractivity contribution in [2.24, 2.45) is 5.92 Å². The van der Waals surface area contributed by atoms with Crippen LogP contribution in [0.4, 0.5) is 0 Å². The van der Waals surface area contributed by atoms with E-state index in [0.717, 1.165) is 0 Å². The van der Waals surface area contributed by atoms with Gasteiger partial charge in [0.15, 0.2) is 0 Å². The first-order chi connectivity index (χ1) is 4.18. The SMILES string of the molecule is CC(C)C(=O)NCCO.Cl.Cl. The number of nitrogens with one attached hydrogen (secondary N) is 1. The first-order valence-corrected chi connectivity index (χ1v) is 3.07. The van der Waals surface area contributed by atoms with Gasteiger partial charge in [0.1, 0.15) is 0 Å². The average Bonchev–Trinajstić information content (AvgIpc) is 1.82. The minimum absolute atomic E-state index is 0. The molecule has 0 bridgehead atoms. The molecule has 0 aliphatic carbocycles. The maximum atomic E-state index is 10.7. The average molecular weight is 204 g/mol. The van der Waals surface area contributed by atoms with E-state index in [0.29, 0.717) is 6.54 Å². The molecule has 0 heterocycles. The Morgan fingerprint density at radius 2 is 1.91 bits per heavy atom. The summed E-state index contributed by atoms with van der Waals surface area (Å²) in [5.41, 5.74) is 0. The van der Waals surface area contributed by atoms with E-state index in [2.05, 4.69) is 5.32 Å². The van der Waals surface area contributed by atoms with Crippen LogP contribution in [-0.4, -0.2) is 24.2 Å². The van der Waals surface area contributed by atoms with E-state index < -0.39 is 0 Å². The van der Waals surface area contributed by atoms with Crippen LogP contribution in [0.15, 0.2) is 0 Å². The molecule has 0 unspecified atom stereocenters. The van der Waals surface area contributed by atoms with E-state index in [1.807, 2.05) is 13.8 Å². The maximum absolute atomic E-state index is 10.7. The van der Waals surface area contributed by atoms with E-state index in [1.165, 1.54) is 0 Å². The molecule has 0 aliphatic rings. The molecule has 0 aromatic carbocycles. The molecule has 70 valence electrons. The van der Waals surface area contributed by atoms with Crippen LogP contribution in [0.3, 0.4) is 0 Å². The van der Waals surface area contributed by atoms with Crippen LogP contribution in [0.2, 0.25) is 0 Å². The summed E-state index contributed by atoms with van der Waals surface area (Å²) in [5, 5.41) is 10.8. The Hall–Kier alpha value is 0.01000.